The standard InChI is InChI=1S/C13H15NO/c1-9-8-12(15)14-7-3-5-10-4-2-6-11(9)13(10)14/h2,4,6,8,10,13H,3,5,7H2,1H3. The summed E-state index contributed by atoms with van der Waals surface area (Å²) in [7, 11) is 0. The van der Waals surface area contributed by atoms with Gasteiger partial charge in [-0.3, -0.25) is 4.79 Å². The van der Waals surface area contributed by atoms with Gasteiger partial charge >= 0.3 is 0 Å². The topological polar surface area (TPSA) is 20.3 Å². The number of nitrogens with zero attached hydrogens (tertiary/aromatic N) is 1. The number of carbonyl (C=O) groups excluding carboxylic acids is 1. The Morgan fingerprint density at radius 1 is 1.47 bits per heavy atom. The fourth-order valence-electron chi connectivity index (χ4n) is 2.99. The normalized spacial score (nSPS) is 33.4. The molecule has 78 valence electrons. The lowest BCUT2D eigenvalue weighted by atomic mass is 9.77. The van der Waals surface area contributed by atoms with Crippen LogP contribution in [0, 0.1) is 5.92 Å². The molecular weight excluding hydrogens is 186 g/mol. The molecule has 2 aliphatic heterocycles. The first-order valence-electron chi connectivity index (χ1n) is 5.65. The second kappa shape index (κ2) is 3.09. The number of hydrogen-bond acceptors (Lipinski definition) is 1. The summed E-state index contributed by atoms with van der Waals surface area (Å²) < 4.78 is 0. The van der Waals surface area contributed by atoms with Crippen molar-refractivity contribution < 1.29 is 4.79 Å². The fourth-order valence-corrected chi connectivity index (χ4v) is 2.99. The first-order chi connectivity index (χ1) is 7.27. The van der Waals surface area contributed by atoms with Gasteiger partial charge in [-0.2, -0.15) is 0 Å². The maximum absolute atomic E-state index is 11.9. The van der Waals surface area contributed by atoms with Gasteiger partial charge in [-0.25, -0.2) is 0 Å². The van der Waals surface area contributed by atoms with E-state index in [2.05, 4.69) is 18.2 Å². The monoisotopic (exact) mass is 201 g/mol. The summed E-state index contributed by atoms with van der Waals surface area (Å²) in [6, 6.07) is 0.334. The number of piperidine rings is 1. The maximum Gasteiger partial charge on any atom is 0.247 e. The van der Waals surface area contributed by atoms with Gasteiger partial charge in [0.25, 0.3) is 0 Å². The Bertz CT molecular complexity index is 403. The summed E-state index contributed by atoms with van der Waals surface area (Å²) in [4.78, 5) is 13.9. The lowest BCUT2D eigenvalue weighted by Gasteiger charge is -2.45. The average Bonchev–Trinajstić information content (AvgIpc) is 2.25. The van der Waals surface area contributed by atoms with E-state index in [0.717, 1.165) is 18.5 Å². The molecule has 0 bridgehead atoms. The van der Waals surface area contributed by atoms with E-state index in [-0.39, 0.29) is 5.91 Å². The summed E-state index contributed by atoms with van der Waals surface area (Å²) in [5.41, 5.74) is 2.50. The van der Waals surface area contributed by atoms with Gasteiger partial charge in [-0.05, 0) is 30.9 Å². The summed E-state index contributed by atoms with van der Waals surface area (Å²) >= 11 is 0. The minimum atomic E-state index is 0.203. The van der Waals surface area contributed by atoms with Crippen LogP contribution in [-0.2, 0) is 4.79 Å². The molecule has 3 rings (SSSR count). The average molecular weight is 201 g/mol. The van der Waals surface area contributed by atoms with Gasteiger partial charge in [0, 0.05) is 18.5 Å². The van der Waals surface area contributed by atoms with E-state index < -0.39 is 0 Å². The molecule has 1 saturated heterocycles. The third-order valence-electron chi connectivity index (χ3n) is 3.71. The van der Waals surface area contributed by atoms with E-state index in [0.29, 0.717) is 12.0 Å². The zero-order valence-electron chi connectivity index (χ0n) is 8.94. The van der Waals surface area contributed by atoms with Gasteiger partial charge < -0.3 is 4.90 Å². The third kappa shape index (κ3) is 1.21. The van der Waals surface area contributed by atoms with Crippen molar-refractivity contribution in [2.24, 2.45) is 5.92 Å². The van der Waals surface area contributed by atoms with Gasteiger partial charge in [-0.1, -0.05) is 18.2 Å². The summed E-state index contributed by atoms with van der Waals surface area (Å²) in [6.07, 6.45) is 10.7. The second-order valence-corrected chi connectivity index (χ2v) is 4.62. The Morgan fingerprint density at radius 2 is 2.33 bits per heavy atom. The minimum absolute atomic E-state index is 0.203. The minimum Gasteiger partial charge on any atom is -0.332 e. The van der Waals surface area contributed by atoms with Crippen molar-refractivity contribution in [1.82, 2.24) is 4.90 Å². The van der Waals surface area contributed by atoms with Crippen molar-refractivity contribution in [2.45, 2.75) is 25.8 Å². The van der Waals surface area contributed by atoms with E-state index in [1.165, 1.54) is 12.0 Å². The molecule has 0 aromatic heterocycles. The highest BCUT2D eigenvalue weighted by Crippen LogP contribution is 2.38. The molecule has 1 fully saturated rings. The first-order valence-corrected chi connectivity index (χ1v) is 5.65. The Balaban J connectivity index is 2.10. The Morgan fingerprint density at radius 3 is 3.20 bits per heavy atom. The van der Waals surface area contributed by atoms with Crippen LogP contribution in [0.25, 0.3) is 0 Å². The van der Waals surface area contributed by atoms with Crippen LogP contribution in [0.4, 0.5) is 0 Å². The maximum atomic E-state index is 11.9. The van der Waals surface area contributed by atoms with E-state index >= 15 is 0 Å². The van der Waals surface area contributed by atoms with Crippen LogP contribution in [0.5, 0.6) is 0 Å². The van der Waals surface area contributed by atoms with Crippen LogP contribution >= 0.6 is 0 Å². The van der Waals surface area contributed by atoms with Crippen LogP contribution in [0.15, 0.2) is 35.5 Å². The molecule has 0 radical (unpaired) electrons. The summed E-state index contributed by atoms with van der Waals surface area (Å²) in [5, 5.41) is 0. The van der Waals surface area contributed by atoms with Crippen LogP contribution in [0.2, 0.25) is 0 Å². The molecule has 2 heteroatoms. The largest absolute Gasteiger partial charge is 0.332 e. The molecule has 3 aliphatic rings. The Hall–Kier alpha value is -1.31. The highest BCUT2D eigenvalue weighted by atomic mass is 16.2. The van der Waals surface area contributed by atoms with E-state index in [1.54, 1.807) is 6.08 Å². The van der Waals surface area contributed by atoms with Gasteiger partial charge in [0.05, 0.1) is 6.04 Å². The van der Waals surface area contributed by atoms with Crippen molar-refractivity contribution in [3.05, 3.63) is 35.5 Å². The molecule has 0 spiro atoms. The second-order valence-electron chi connectivity index (χ2n) is 4.62. The number of allylic oxidation sites excluding steroid dienone is 2. The molecule has 2 unspecified atom stereocenters. The molecule has 15 heavy (non-hydrogen) atoms. The fraction of sp³-hybridized carbons (Fsp3) is 0.462. The molecule has 0 N–H and O–H groups in total. The van der Waals surface area contributed by atoms with Gasteiger partial charge in [-0.15, -0.1) is 0 Å². The van der Waals surface area contributed by atoms with Crippen molar-refractivity contribution in [1.29, 1.82) is 0 Å². The highest BCUT2D eigenvalue weighted by Gasteiger charge is 2.38. The van der Waals surface area contributed by atoms with Crippen LogP contribution < -0.4 is 0 Å². The van der Waals surface area contributed by atoms with Crippen molar-refractivity contribution in [3.8, 4) is 0 Å². The van der Waals surface area contributed by atoms with Crippen LogP contribution in [0.3, 0.4) is 0 Å². The van der Waals surface area contributed by atoms with Crippen LogP contribution in [-0.4, -0.2) is 23.4 Å². The third-order valence-corrected chi connectivity index (χ3v) is 3.71. The van der Waals surface area contributed by atoms with Crippen molar-refractivity contribution in [3.63, 3.8) is 0 Å². The van der Waals surface area contributed by atoms with Crippen molar-refractivity contribution >= 4 is 5.91 Å². The van der Waals surface area contributed by atoms with Gasteiger partial charge in [0.1, 0.15) is 0 Å². The van der Waals surface area contributed by atoms with E-state index in [9.17, 15) is 4.79 Å². The predicted molar refractivity (Wildman–Crippen MR) is 59.2 cm³/mol. The molecule has 0 saturated carbocycles. The number of rotatable bonds is 0. The SMILES string of the molecule is CC1=CC(=O)N2CCCC3C=CC=C1C32. The van der Waals surface area contributed by atoms with Crippen LogP contribution in [0.1, 0.15) is 19.8 Å². The highest BCUT2D eigenvalue weighted by molar-refractivity contribution is 5.91. The zero-order chi connectivity index (χ0) is 10.4. The molecule has 2 atom stereocenters. The lowest BCUT2D eigenvalue weighted by Crippen LogP contribution is -2.51. The Kier molecular flexibility index (Phi) is 1.84. The zero-order valence-corrected chi connectivity index (χ0v) is 8.94. The number of hydrogen-bond donors (Lipinski definition) is 0. The molecule has 1 amide bonds. The molecule has 0 aromatic rings. The quantitative estimate of drug-likeness (QED) is 0.587. The molecule has 2 nitrogen and oxygen atoms in total. The lowest BCUT2D eigenvalue weighted by molar-refractivity contribution is -0.130. The molecule has 1 aliphatic carbocycles. The number of amides is 1. The van der Waals surface area contributed by atoms with E-state index in [4.69, 9.17) is 0 Å². The smallest absolute Gasteiger partial charge is 0.247 e. The predicted octanol–water partition coefficient (Wildman–Crippen LogP) is 2.05. The molecular formula is C13H15NO. The van der Waals surface area contributed by atoms with Crippen molar-refractivity contribution in [2.75, 3.05) is 6.54 Å². The number of carbonyl (C=O) groups is 1. The van der Waals surface area contributed by atoms with Gasteiger partial charge in [0.2, 0.25) is 5.91 Å². The molecule has 0 aromatic carbocycles. The van der Waals surface area contributed by atoms with E-state index in [1.807, 2.05) is 11.8 Å². The summed E-state index contributed by atoms with van der Waals surface area (Å²) in [6.45, 7) is 2.97. The van der Waals surface area contributed by atoms with Gasteiger partial charge in [0.15, 0.2) is 0 Å². The first kappa shape index (κ1) is 8.96. The summed E-state index contributed by atoms with van der Waals surface area (Å²) in [5.74, 6) is 0.751. The Labute approximate surface area is 90.0 Å². The molecule has 2 heterocycles.